The summed E-state index contributed by atoms with van der Waals surface area (Å²) < 4.78 is 5.33. The van der Waals surface area contributed by atoms with Gasteiger partial charge in [-0.3, -0.25) is 5.43 Å². The second-order valence-corrected chi connectivity index (χ2v) is 4.03. The predicted octanol–water partition coefficient (Wildman–Crippen LogP) is 0.712. The molecule has 0 atom stereocenters. The van der Waals surface area contributed by atoms with Gasteiger partial charge in [0.05, 0.1) is 0 Å². The first-order chi connectivity index (χ1) is 8.83. The van der Waals surface area contributed by atoms with Gasteiger partial charge < -0.3 is 9.64 Å². The predicted molar refractivity (Wildman–Crippen MR) is 69.4 cm³/mol. The highest BCUT2D eigenvalue weighted by molar-refractivity contribution is 5.38. The maximum atomic E-state index is 5.35. The molecule has 1 aliphatic heterocycles. The third-order valence-corrected chi connectivity index (χ3v) is 2.70. The first kappa shape index (κ1) is 12.6. The minimum absolute atomic E-state index is 0.262. The van der Waals surface area contributed by atoms with Gasteiger partial charge in [0.15, 0.2) is 0 Å². The summed E-state index contributed by atoms with van der Waals surface area (Å²) in [7, 11) is 0. The van der Waals surface area contributed by atoms with Crippen LogP contribution in [0.1, 0.15) is 19.3 Å². The van der Waals surface area contributed by atoms with Crippen molar-refractivity contribution in [1.82, 2.24) is 15.0 Å². The number of nitrogens with one attached hydrogen (secondary N) is 1. The standard InChI is InChI=1S/C11H18N6O/c1-2-8-18-11-14-9(16-12)13-10(15-11)17-6-4-3-5-7-17/h2H,1,3-8,12H2,(H,13,14,15,16). The molecular formula is C11H18N6O. The lowest BCUT2D eigenvalue weighted by Gasteiger charge is -2.26. The van der Waals surface area contributed by atoms with Crippen LogP contribution in [0, 0.1) is 0 Å². The van der Waals surface area contributed by atoms with Crippen LogP contribution in [0.25, 0.3) is 0 Å². The molecule has 7 nitrogen and oxygen atoms in total. The van der Waals surface area contributed by atoms with Gasteiger partial charge in [-0.25, -0.2) is 5.84 Å². The molecule has 0 aliphatic carbocycles. The van der Waals surface area contributed by atoms with Crippen molar-refractivity contribution >= 4 is 11.9 Å². The molecule has 1 aromatic heterocycles. The molecule has 18 heavy (non-hydrogen) atoms. The summed E-state index contributed by atoms with van der Waals surface area (Å²) in [5.41, 5.74) is 2.43. The summed E-state index contributed by atoms with van der Waals surface area (Å²) >= 11 is 0. The lowest BCUT2D eigenvalue weighted by Crippen LogP contribution is -2.31. The smallest absolute Gasteiger partial charge is 0.323 e. The Morgan fingerprint density at radius 3 is 2.72 bits per heavy atom. The van der Waals surface area contributed by atoms with E-state index in [0.717, 1.165) is 25.9 Å². The Labute approximate surface area is 106 Å². The topological polar surface area (TPSA) is 89.2 Å². The summed E-state index contributed by atoms with van der Waals surface area (Å²) in [6.45, 7) is 5.84. The normalized spacial score (nSPS) is 15.3. The summed E-state index contributed by atoms with van der Waals surface area (Å²) in [6, 6.07) is 0.262. The highest BCUT2D eigenvalue weighted by Crippen LogP contribution is 2.18. The second-order valence-electron chi connectivity index (χ2n) is 4.03. The largest absolute Gasteiger partial charge is 0.459 e. The molecule has 1 fully saturated rings. The number of nitrogens with zero attached hydrogens (tertiary/aromatic N) is 4. The molecule has 3 N–H and O–H groups in total. The van der Waals surface area contributed by atoms with E-state index in [9.17, 15) is 0 Å². The van der Waals surface area contributed by atoms with Crippen LogP contribution < -0.4 is 20.9 Å². The van der Waals surface area contributed by atoms with E-state index in [1.165, 1.54) is 6.42 Å². The molecule has 1 aromatic rings. The molecule has 1 aliphatic rings. The Bertz CT molecular complexity index is 405. The monoisotopic (exact) mass is 250 g/mol. The number of hydrogen-bond donors (Lipinski definition) is 2. The third kappa shape index (κ3) is 3.07. The number of nitrogens with two attached hydrogens (primary N) is 1. The molecule has 0 spiro atoms. The van der Waals surface area contributed by atoms with E-state index in [4.69, 9.17) is 10.6 Å². The molecule has 0 bridgehead atoms. The molecule has 0 aromatic carbocycles. The lowest BCUT2D eigenvalue weighted by molar-refractivity contribution is 0.332. The van der Waals surface area contributed by atoms with Crippen LogP contribution in [0.15, 0.2) is 12.7 Å². The SMILES string of the molecule is C=CCOc1nc(NN)nc(N2CCCCC2)n1. The number of rotatable bonds is 5. The van der Waals surface area contributed by atoms with Crippen LogP contribution in [0.3, 0.4) is 0 Å². The average molecular weight is 250 g/mol. The van der Waals surface area contributed by atoms with Crippen molar-refractivity contribution in [3.8, 4) is 6.01 Å². The Kier molecular flexibility index (Phi) is 4.30. The van der Waals surface area contributed by atoms with E-state index in [1.807, 2.05) is 0 Å². The molecule has 0 radical (unpaired) electrons. The third-order valence-electron chi connectivity index (χ3n) is 2.70. The number of aromatic nitrogens is 3. The molecular weight excluding hydrogens is 232 g/mol. The zero-order chi connectivity index (χ0) is 12.8. The first-order valence-corrected chi connectivity index (χ1v) is 6.05. The Balaban J connectivity index is 2.19. The highest BCUT2D eigenvalue weighted by Gasteiger charge is 2.16. The summed E-state index contributed by atoms with van der Waals surface area (Å²) in [4.78, 5) is 14.7. The van der Waals surface area contributed by atoms with E-state index in [0.29, 0.717) is 18.5 Å². The molecule has 7 heteroatoms. The maximum absolute atomic E-state index is 5.35. The summed E-state index contributed by atoms with van der Waals surface area (Å²) in [6.07, 6.45) is 5.20. The van der Waals surface area contributed by atoms with Gasteiger partial charge in [0.1, 0.15) is 6.61 Å². The molecule has 0 amide bonds. The fourth-order valence-electron chi connectivity index (χ4n) is 1.84. The Morgan fingerprint density at radius 2 is 2.06 bits per heavy atom. The van der Waals surface area contributed by atoms with Crippen molar-refractivity contribution in [2.24, 2.45) is 5.84 Å². The first-order valence-electron chi connectivity index (χ1n) is 6.05. The zero-order valence-corrected chi connectivity index (χ0v) is 10.3. The van der Waals surface area contributed by atoms with Crippen LogP contribution in [0.5, 0.6) is 6.01 Å². The van der Waals surface area contributed by atoms with Crippen LogP contribution in [0.2, 0.25) is 0 Å². The van der Waals surface area contributed by atoms with Gasteiger partial charge in [-0.15, -0.1) is 0 Å². The lowest BCUT2D eigenvalue weighted by atomic mass is 10.1. The number of nitrogen functional groups attached to an aromatic ring is 1. The van der Waals surface area contributed by atoms with Gasteiger partial charge >= 0.3 is 6.01 Å². The van der Waals surface area contributed by atoms with E-state index in [2.05, 4.69) is 31.9 Å². The zero-order valence-electron chi connectivity index (χ0n) is 10.3. The van der Waals surface area contributed by atoms with Gasteiger partial charge in [0.2, 0.25) is 11.9 Å². The molecule has 2 heterocycles. The van der Waals surface area contributed by atoms with E-state index >= 15 is 0 Å². The minimum Gasteiger partial charge on any atom is -0.459 e. The molecule has 0 unspecified atom stereocenters. The summed E-state index contributed by atoms with van der Waals surface area (Å²) in [5.74, 6) is 6.27. The van der Waals surface area contributed by atoms with Crippen LogP contribution in [0.4, 0.5) is 11.9 Å². The molecule has 0 saturated carbocycles. The van der Waals surface area contributed by atoms with E-state index < -0.39 is 0 Å². The second kappa shape index (κ2) is 6.15. The van der Waals surface area contributed by atoms with Crippen LogP contribution >= 0.6 is 0 Å². The number of ether oxygens (including phenoxy) is 1. The van der Waals surface area contributed by atoms with E-state index in [-0.39, 0.29) is 6.01 Å². The summed E-state index contributed by atoms with van der Waals surface area (Å²) in [5, 5.41) is 0. The van der Waals surface area contributed by atoms with Crippen LogP contribution in [-0.4, -0.2) is 34.6 Å². The van der Waals surface area contributed by atoms with Crippen LogP contribution in [-0.2, 0) is 0 Å². The number of anilines is 2. The van der Waals surface area contributed by atoms with Gasteiger partial charge in [0.25, 0.3) is 0 Å². The Hall–Kier alpha value is -1.89. The fraction of sp³-hybridized carbons (Fsp3) is 0.545. The van der Waals surface area contributed by atoms with Gasteiger partial charge in [-0.1, -0.05) is 12.7 Å². The molecule has 2 rings (SSSR count). The van der Waals surface area contributed by atoms with Gasteiger partial charge in [0, 0.05) is 13.1 Å². The van der Waals surface area contributed by atoms with E-state index in [1.54, 1.807) is 6.08 Å². The number of hydrazine groups is 1. The molecule has 1 saturated heterocycles. The van der Waals surface area contributed by atoms with Crippen molar-refractivity contribution in [2.75, 3.05) is 30.0 Å². The minimum atomic E-state index is 0.262. The quantitative estimate of drug-likeness (QED) is 0.452. The van der Waals surface area contributed by atoms with Crippen molar-refractivity contribution in [1.29, 1.82) is 0 Å². The highest BCUT2D eigenvalue weighted by atomic mass is 16.5. The van der Waals surface area contributed by atoms with Crippen molar-refractivity contribution in [2.45, 2.75) is 19.3 Å². The number of piperidine rings is 1. The molecule has 98 valence electrons. The maximum Gasteiger partial charge on any atom is 0.323 e. The van der Waals surface area contributed by atoms with Crippen molar-refractivity contribution in [3.05, 3.63) is 12.7 Å². The number of hydrogen-bond acceptors (Lipinski definition) is 7. The van der Waals surface area contributed by atoms with Gasteiger partial charge in [-0.2, -0.15) is 15.0 Å². The van der Waals surface area contributed by atoms with Crippen molar-refractivity contribution < 1.29 is 4.74 Å². The van der Waals surface area contributed by atoms with Gasteiger partial charge in [-0.05, 0) is 19.3 Å². The average Bonchev–Trinajstić information content (AvgIpc) is 2.45. The van der Waals surface area contributed by atoms with Crippen molar-refractivity contribution in [3.63, 3.8) is 0 Å². The fourth-order valence-corrected chi connectivity index (χ4v) is 1.84. The Morgan fingerprint density at radius 1 is 1.28 bits per heavy atom.